The summed E-state index contributed by atoms with van der Waals surface area (Å²) in [5, 5.41) is 26.2. The zero-order chi connectivity index (χ0) is 25.6. The average molecular weight is 497 g/mol. The average Bonchev–Trinajstić information content (AvgIpc) is 2.89. The standard InChI is InChI=1S/C31H32N2O4/c34-25-11-14-31(37)24-4-1-13-30(31,18-25)27-22(17-24)9-10-26(28(27)35)29(36)33-16-12-20-5-7-21(8-6-20)23-3-2-15-32-19-23/h2-3,5-10,15,19,24,35,37H,1,4,11-14,16-18H2,(H,33,36)/t24-,30-,31-/m1/s1. The number of hydrogen-bond acceptors (Lipinski definition) is 5. The zero-order valence-corrected chi connectivity index (χ0v) is 20.9. The second-order valence-electron chi connectivity index (χ2n) is 11.0. The van der Waals surface area contributed by atoms with Gasteiger partial charge >= 0.3 is 0 Å². The molecule has 2 saturated carbocycles. The summed E-state index contributed by atoms with van der Waals surface area (Å²) in [5.41, 5.74) is 3.26. The summed E-state index contributed by atoms with van der Waals surface area (Å²) in [4.78, 5) is 29.9. The van der Waals surface area contributed by atoms with Crippen molar-refractivity contribution in [1.29, 1.82) is 0 Å². The monoisotopic (exact) mass is 496 g/mol. The van der Waals surface area contributed by atoms with Crippen LogP contribution in [0.15, 0.2) is 60.9 Å². The van der Waals surface area contributed by atoms with E-state index < -0.39 is 11.0 Å². The van der Waals surface area contributed by atoms with E-state index in [1.165, 1.54) is 0 Å². The number of rotatable bonds is 5. The van der Waals surface area contributed by atoms with E-state index in [1.54, 1.807) is 12.3 Å². The Morgan fingerprint density at radius 3 is 2.70 bits per heavy atom. The molecule has 0 unspecified atom stereocenters. The number of pyridine rings is 1. The molecule has 3 atom stereocenters. The van der Waals surface area contributed by atoms with Gasteiger partial charge in [0.2, 0.25) is 0 Å². The highest BCUT2D eigenvalue weighted by atomic mass is 16.3. The second-order valence-corrected chi connectivity index (χ2v) is 11.0. The molecular formula is C31H32N2O4. The van der Waals surface area contributed by atoms with E-state index in [2.05, 4.69) is 10.3 Å². The fourth-order valence-corrected chi connectivity index (χ4v) is 7.24. The lowest BCUT2D eigenvalue weighted by molar-refractivity contribution is -0.160. The third kappa shape index (κ3) is 3.86. The number of hydrogen-bond donors (Lipinski definition) is 3. The first-order valence-corrected chi connectivity index (χ1v) is 13.3. The van der Waals surface area contributed by atoms with E-state index >= 15 is 0 Å². The molecule has 2 fully saturated rings. The minimum absolute atomic E-state index is 0.0655. The predicted octanol–water partition coefficient (Wildman–Crippen LogP) is 4.50. The Balaban J connectivity index is 1.20. The Kier molecular flexibility index (Phi) is 5.87. The summed E-state index contributed by atoms with van der Waals surface area (Å²) in [6.07, 6.45) is 8.47. The van der Waals surface area contributed by atoms with Gasteiger partial charge in [-0.1, -0.05) is 42.8 Å². The number of aliphatic hydroxyl groups is 1. The molecule has 3 aromatic rings. The summed E-state index contributed by atoms with van der Waals surface area (Å²) < 4.78 is 0. The Hall–Kier alpha value is -3.51. The molecule has 2 bridgehead atoms. The molecule has 6 heteroatoms. The molecule has 6 nitrogen and oxygen atoms in total. The predicted molar refractivity (Wildman–Crippen MR) is 140 cm³/mol. The Morgan fingerprint density at radius 1 is 1.08 bits per heavy atom. The van der Waals surface area contributed by atoms with Crippen LogP contribution in [0.3, 0.4) is 0 Å². The summed E-state index contributed by atoms with van der Waals surface area (Å²) in [7, 11) is 0. The fraction of sp³-hybridized carbons (Fsp3) is 0.387. The van der Waals surface area contributed by atoms with Crippen LogP contribution in [0.25, 0.3) is 11.1 Å². The highest BCUT2D eigenvalue weighted by Gasteiger charge is 2.63. The maximum absolute atomic E-state index is 13.1. The van der Waals surface area contributed by atoms with Crippen LogP contribution >= 0.6 is 0 Å². The van der Waals surface area contributed by atoms with Crippen LogP contribution in [0.1, 0.15) is 65.6 Å². The van der Waals surface area contributed by atoms with Gasteiger partial charge in [-0.25, -0.2) is 0 Å². The lowest BCUT2D eigenvalue weighted by Crippen LogP contribution is -2.64. The number of benzene rings is 2. The second kappa shape index (κ2) is 9.10. The van der Waals surface area contributed by atoms with Gasteiger partial charge in [0.25, 0.3) is 5.91 Å². The smallest absolute Gasteiger partial charge is 0.255 e. The first-order valence-electron chi connectivity index (χ1n) is 13.3. The number of Topliss-reactive ketones (excluding diaryl/α,β-unsaturated/α-hetero) is 1. The van der Waals surface area contributed by atoms with Crippen LogP contribution in [0.2, 0.25) is 0 Å². The van der Waals surface area contributed by atoms with Gasteiger partial charge in [-0.15, -0.1) is 0 Å². The molecular weight excluding hydrogens is 464 g/mol. The van der Waals surface area contributed by atoms with Crippen LogP contribution in [0.4, 0.5) is 0 Å². The topological polar surface area (TPSA) is 99.5 Å². The summed E-state index contributed by atoms with van der Waals surface area (Å²) in [5.74, 6) is -0.191. The SMILES string of the molecule is O=C1CC[C@@]2(O)[C@@H]3CCC[C@@]2(C1)c1c(ccc(C(=O)NCCc2ccc(-c4cccnc4)cc2)c1O)C3. The van der Waals surface area contributed by atoms with Gasteiger partial charge < -0.3 is 15.5 Å². The zero-order valence-electron chi connectivity index (χ0n) is 20.9. The molecule has 3 aliphatic rings. The van der Waals surface area contributed by atoms with E-state index in [1.807, 2.05) is 48.7 Å². The lowest BCUT2D eigenvalue weighted by atomic mass is 9.46. The van der Waals surface area contributed by atoms with Gasteiger partial charge in [-0.2, -0.15) is 0 Å². The highest BCUT2D eigenvalue weighted by Crippen LogP contribution is 2.62. The maximum Gasteiger partial charge on any atom is 0.255 e. The molecule has 1 amide bonds. The van der Waals surface area contributed by atoms with Crippen LogP contribution in [0, 0.1) is 5.92 Å². The van der Waals surface area contributed by atoms with Crippen LogP contribution in [-0.4, -0.2) is 39.0 Å². The van der Waals surface area contributed by atoms with E-state index in [-0.39, 0.29) is 35.3 Å². The number of nitrogens with zero attached hydrogens (tertiary/aromatic N) is 1. The van der Waals surface area contributed by atoms with Crippen molar-refractivity contribution in [3.63, 3.8) is 0 Å². The van der Waals surface area contributed by atoms with Crippen molar-refractivity contribution in [2.24, 2.45) is 5.92 Å². The quantitative estimate of drug-likeness (QED) is 0.483. The third-order valence-electron chi connectivity index (χ3n) is 9.05. The van der Waals surface area contributed by atoms with Gasteiger partial charge in [0.05, 0.1) is 11.2 Å². The number of nitrogens with one attached hydrogen (secondary N) is 1. The Morgan fingerprint density at radius 2 is 1.92 bits per heavy atom. The van der Waals surface area contributed by atoms with Crippen LogP contribution in [-0.2, 0) is 23.1 Å². The van der Waals surface area contributed by atoms with Crippen molar-refractivity contribution in [3.05, 3.63) is 83.2 Å². The molecule has 37 heavy (non-hydrogen) atoms. The molecule has 6 rings (SSSR count). The van der Waals surface area contributed by atoms with Gasteiger partial charge in [0.1, 0.15) is 11.5 Å². The van der Waals surface area contributed by atoms with Gasteiger partial charge in [0.15, 0.2) is 0 Å². The van der Waals surface area contributed by atoms with Crippen molar-refractivity contribution in [2.45, 2.75) is 62.4 Å². The molecule has 2 aromatic carbocycles. The number of phenols is 1. The van der Waals surface area contributed by atoms with E-state index in [0.717, 1.165) is 35.1 Å². The fourth-order valence-electron chi connectivity index (χ4n) is 7.24. The molecule has 3 aliphatic carbocycles. The minimum Gasteiger partial charge on any atom is -0.507 e. The molecule has 1 aromatic heterocycles. The molecule has 1 heterocycles. The number of phenolic OH excluding ortho intramolecular Hbond substituents is 1. The Labute approximate surface area is 216 Å². The first kappa shape index (κ1) is 23.9. The lowest BCUT2D eigenvalue weighted by Gasteiger charge is -2.60. The number of aromatic nitrogens is 1. The maximum atomic E-state index is 13.1. The van der Waals surface area contributed by atoms with Crippen molar-refractivity contribution in [2.75, 3.05) is 6.54 Å². The molecule has 0 saturated heterocycles. The number of aromatic hydroxyl groups is 1. The Bertz CT molecular complexity index is 1350. The number of fused-ring (bicyclic) bond motifs is 1. The highest BCUT2D eigenvalue weighted by molar-refractivity contribution is 5.98. The van der Waals surface area contributed by atoms with Gasteiger partial charge in [0, 0.05) is 42.8 Å². The van der Waals surface area contributed by atoms with Crippen molar-refractivity contribution < 1.29 is 19.8 Å². The van der Waals surface area contributed by atoms with Crippen molar-refractivity contribution >= 4 is 11.7 Å². The molecule has 190 valence electrons. The van der Waals surface area contributed by atoms with Gasteiger partial charge in [-0.05, 0) is 72.4 Å². The molecule has 0 aliphatic heterocycles. The number of ketones is 1. The molecule has 0 spiro atoms. The van der Waals surface area contributed by atoms with E-state index in [4.69, 9.17) is 0 Å². The van der Waals surface area contributed by atoms with Crippen LogP contribution in [0.5, 0.6) is 5.75 Å². The van der Waals surface area contributed by atoms with Gasteiger partial charge in [-0.3, -0.25) is 14.6 Å². The first-order chi connectivity index (χ1) is 17.9. The molecule has 3 N–H and O–H groups in total. The van der Waals surface area contributed by atoms with Crippen molar-refractivity contribution in [1.82, 2.24) is 10.3 Å². The van der Waals surface area contributed by atoms with Crippen molar-refractivity contribution in [3.8, 4) is 16.9 Å². The van der Waals surface area contributed by atoms with Crippen LogP contribution < -0.4 is 5.32 Å². The third-order valence-corrected chi connectivity index (χ3v) is 9.05. The van der Waals surface area contributed by atoms with E-state index in [9.17, 15) is 19.8 Å². The normalized spacial score (nSPS) is 26.2. The number of carbonyl (C=O) groups is 2. The summed E-state index contributed by atoms with van der Waals surface area (Å²) in [6.45, 7) is 0.428. The summed E-state index contributed by atoms with van der Waals surface area (Å²) >= 11 is 0. The largest absolute Gasteiger partial charge is 0.507 e. The number of amides is 1. The van der Waals surface area contributed by atoms with E-state index in [0.29, 0.717) is 44.2 Å². The summed E-state index contributed by atoms with van der Waals surface area (Å²) in [6, 6.07) is 15.7. The molecule has 0 radical (unpaired) electrons. The number of carbonyl (C=O) groups excluding carboxylic acids is 2. The minimum atomic E-state index is -0.999.